The van der Waals surface area contributed by atoms with E-state index in [2.05, 4.69) is 52.6 Å². The quantitative estimate of drug-likeness (QED) is 0.838. The van der Waals surface area contributed by atoms with Crippen molar-refractivity contribution in [1.82, 2.24) is 14.9 Å². The summed E-state index contributed by atoms with van der Waals surface area (Å²) in [6.07, 6.45) is 7.79. The second-order valence-electron chi connectivity index (χ2n) is 4.83. The van der Waals surface area contributed by atoms with Gasteiger partial charge in [-0.05, 0) is 31.5 Å². The van der Waals surface area contributed by atoms with Crippen LogP contribution >= 0.6 is 11.3 Å². The predicted molar refractivity (Wildman–Crippen MR) is 81.7 cm³/mol. The fourth-order valence-electron chi connectivity index (χ4n) is 2.30. The number of hydrogen-bond acceptors (Lipinski definition) is 3. The first-order valence-electron chi connectivity index (χ1n) is 7.03. The molecule has 0 aliphatic heterocycles. The van der Waals surface area contributed by atoms with Crippen LogP contribution in [0.4, 0.5) is 0 Å². The van der Waals surface area contributed by atoms with Gasteiger partial charge >= 0.3 is 0 Å². The number of nitrogens with zero attached hydrogens (tertiary/aromatic N) is 2. The highest BCUT2D eigenvalue weighted by Crippen LogP contribution is 2.19. The van der Waals surface area contributed by atoms with Crippen molar-refractivity contribution in [3.8, 4) is 0 Å². The van der Waals surface area contributed by atoms with Crippen molar-refractivity contribution in [2.24, 2.45) is 0 Å². The molecule has 104 valence electrons. The molecule has 0 spiro atoms. The zero-order valence-corrected chi connectivity index (χ0v) is 12.8. The van der Waals surface area contributed by atoms with E-state index < -0.39 is 0 Å². The van der Waals surface area contributed by atoms with E-state index >= 15 is 0 Å². The molecule has 0 radical (unpaired) electrons. The third kappa shape index (κ3) is 3.67. The fourth-order valence-corrected chi connectivity index (χ4v) is 3.04. The largest absolute Gasteiger partial charge is 0.348 e. The average Bonchev–Trinajstić information content (AvgIpc) is 3.05. The number of rotatable bonds is 7. The molecule has 2 rings (SSSR count). The van der Waals surface area contributed by atoms with Gasteiger partial charge in [-0.25, -0.2) is 4.98 Å². The molecule has 0 aromatic carbocycles. The lowest BCUT2D eigenvalue weighted by molar-refractivity contribution is 0.540. The van der Waals surface area contributed by atoms with Gasteiger partial charge in [0, 0.05) is 23.8 Å². The molecule has 0 bridgehead atoms. The third-order valence-electron chi connectivity index (χ3n) is 3.35. The van der Waals surface area contributed by atoms with Gasteiger partial charge in [0.2, 0.25) is 0 Å². The first kappa shape index (κ1) is 14.3. The lowest BCUT2D eigenvalue weighted by Crippen LogP contribution is -2.15. The summed E-state index contributed by atoms with van der Waals surface area (Å²) in [5.41, 5.74) is 2.54. The maximum absolute atomic E-state index is 4.62. The Hall–Kier alpha value is -1.13. The average molecular weight is 277 g/mol. The van der Waals surface area contributed by atoms with Crippen LogP contribution in [0.5, 0.6) is 0 Å². The van der Waals surface area contributed by atoms with E-state index in [-0.39, 0.29) is 0 Å². The summed E-state index contributed by atoms with van der Waals surface area (Å²) >= 11 is 1.76. The van der Waals surface area contributed by atoms with Gasteiger partial charge in [-0.2, -0.15) is 0 Å². The monoisotopic (exact) mass is 277 g/mol. The Labute approximate surface area is 119 Å². The summed E-state index contributed by atoms with van der Waals surface area (Å²) in [6, 6.07) is 2.68. The van der Waals surface area contributed by atoms with Gasteiger partial charge in [0.1, 0.15) is 0 Å². The minimum Gasteiger partial charge on any atom is -0.348 e. The zero-order chi connectivity index (χ0) is 13.7. The number of thiazole rings is 1. The van der Waals surface area contributed by atoms with Crippen molar-refractivity contribution < 1.29 is 0 Å². The lowest BCUT2D eigenvalue weighted by atomic mass is 10.1. The van der Waals surface area contributed by atoms with E-state index in [1.807, 2.05) is 7.05 Å². The van der Waals surface area contributed by atoms with E-state index in [1.165, 1.54) is 29.1 Å². The van der Waals surface area contributed by atoms with E-state index in [0.29, 0.717) is 6.04 Å². The molecule has 2 aromatic rings. The minimum atomic E-state index is 0.466. The molecule has 1 unspecified atom stereocenters. The summed E-state index contributed by atoms with van der Waals surface area (Å²) in [5.74, 6) is 0. The predicted octanol–water partition coefficient (Wildman–Crippen LogP) is 3.62. The Morgan fingerprint density at radius 2 is 2.26 bits per heavy atom. The number of nitrogens with one attached hydrogen (secondary N) is 1. The van der Waals surface area contributed by atoms with Crippen LogP contribution in [0.2, 0.25) is 0 Å². The molecule has 4 heteroatoms. The molecule has 0 aliphatic rings. The van der Waals surface area contributed by atoms with Crippen LogP contribution in [0.3, 0.4) is 0 Å². The molecule has 3 nitrogen and oxygen atoms in total. The maximum Gasteiger partial charge on any atom is 0.0926 e. The normalized spacial score (nSPS) is 12.8. The second-order valence-corrected chi connectivity index (χ2v) is 5.78. The van der Waals surface area contributed by atoms with Crippen molar-refractivity contribution in [1.29, 1.82) is 0 Å². The van der Waals surface area contributed by atoms with Crippen molar-refractivity contribution in [3.05, 3.63) is 40.1 Å². The van der Waals surface area contributed by atoms with Crippen molar-refractivity contribution in [2.75, 3.05) is 7.05 Å². The molecule has 2 aromatic heterocycles. The third-order valence-corrected chi connectivity index (χ3v) is 4.39. The number of aromatic nitrogens is 2. The topological polar surface area (TPSA) is 29.9 Å². The first-order chi connectivity index (χ1) is 9.26. The fraction of sp³-hybridized carbons (Fsp3) is 0.533. The maximum atomic E-state index is 4.62. The van der Waals surface area contributed by atoms with E-state index in [4.69, 9.17) is 0 Å². The van der Waals surface area contributed by atoms with Crippen LogP contribution in [0.1, 0.15) is 49.0 Å². The Balaban J connectivity index is 2.04. The van der Waals surface area contributed by atoms with Crippen LogP contribution in [-0.2, 0) is 13.0 Å². The van der Waals surface area contributed by atoms with Crippen LogP contribution < -0.4 is 5.32 Å². The SMILES string of the molecule is CCCC(NC)c1ccn(Cc2csc(CC)n2)c1. The Morgan fingerprint density at radius 3 is 2.89 bits per heavy atom. The van der Waals surface area contributed by atoms with Crippen molar-refractivity contribution >= 4 is 11.3 Å². The van der Waals surface area contributed by atoms with Crippen molar-refractivity contribution in [3.63, 3.8) is 0 Å². The standard InChI is InChI=1S/C15H23N3S/c1-4-6-14(16-3)12-7-8-18(9-12)10-13-11-19-15(5-2)17-13/h7-9,11,14,16H,4-6,10H2,1-3H3. The van der Waals surface area contributed by atoms with Gasteiger partial charge in [0.25, 0.3) is 0 Å². The van der Waals surface area contributed by atoms with Gasteiger partial charge in [0.15, 0.2) is 0 Å². The van der Waals surface area contributed by atoms with Crippen LogP contribution in [0.15, 0.2) is 23.8 Å². The second kappa shape index (κ2) is 6.87. The molecular weight excluding hydrogens is 254 g/mol. The van der Waals surface area contributed by atoms with Gasteiger partial charge in [-0.15, -0.1) is 11.3 Å². The number of aryl methyl sites for hydroxylation is 1. The van der Waals surface area contributed by atoms with Gasteiger partial charge in [-0.1, -0.05) is 20.3 Å². The summed E-state index contributed by atoms with van der Waals surface area (Å²) in [6.45, 7) is 5.25. The highest BCUT2D eigenvalue weighted by atomic mass is 32.1. The summed E-state index contributed by atoms with van der Waals surface area (Å²) in [5, 5.41) is 6.77. The Kier molecular flexibility index (Phi) is 5.16. The molecule has 1 N–H and O–H groups in total. The number of hydrogen-bond donors (Lipinski definition) is 1. The molecule has 0 aliphatic carbocycles. The summed E-state index contributed by atoms with van der Waals surface area (Å²) < 4.78 is 2.23. The van der Waals surface area contributed by atoms with E-state index in [0.717, 1.165) is 13.0 Å². The Morgan fingerprint density at radius 1 is 1.42 bits per heavy atom. The molecule has 0 amide bonds. The van der Waals surface area contributed by atoms with Crippen LogP contribution in [-0.4, -0.2) is 16.6 Å². The van der Waals surface area contributed by atoms with Gasteiger partial charge in [0.05, 0.1) is 17.2 Å². The highest BCUT2D eigenvalue weighted by molar-refractivity contribution is 7.09. The summed E-state index contributed by atoms with van der Waals surface area (Å²) in [4.78, 5) is 4.62. The molecule has 2 heterocycles. The van der Waals surface area contributed by atoms with Crippen molar-refractivity contribution in [2.45, 2.75) is 45.7 Å². The van der Waals surface area contributed by atoms with E-state index in [1.54, 1.807) is 11.3 Å². The van der Waals surface area contributed by atoms with Gasteiger partial charge in [-0.3, -0.25) is 0 Å². The lowest BCUT2D eigenvalue weighted by Gasteiger charge is -2.13. The molecule has 0 fully saturated rings. The molecule has 0 saturated heterocycles. The highest BCUT2D eigenvalue weighted by Gasteiger charge is 2.10. The Bertz CT molecular complexity index is 501. The molecule has 1 atom stereocenters. The molecular formula is C15H23N3S. The zero-order valence-electron chi connectivity index (χ0n) is 12.0. The minimum absolute atomic E-state index is 0.466. The summed E-state index contributed by atoms with van der Waals surface area (Å²) in [7, 11) is 2.03. The first-order valence-corrected chi connectivity index (χ1v) is 7.91. The molecule has 19 heavy (non-hydrogen) atoms. The van der Waals surface area contributed by atoms with E-state index in [9.17, 15) is 0 Å². The van der Waals surface area contributed by atoms with Gasteiger partial charge < -0.3 is 9.88 Å². The smallest absolute Gasteiger partial charge is 0.0926 e. The molecule has 0 saturated carbocycles. The van der Waals surface area contributed by atoms with Crippen LogP contribution in [0, 0.1) is 0 Å². The van der Waals surface area contributed by atoms with Crippen LogP contribution in [0.25, 0.3) is 0 Å².